The lowest BCUT2D eigenvalue weighted by atomic mass is 9.85. The third-order valence-corrected chi connectivity index (χ3v) is 4.21. The summed E-state index contributed by atoms with van der Waals surface area (Å²) in [6.45, 7) is 4.31. The standard InChI is InChI=1S/C14H19NO/c1-11-4-2-5-12(10-11)14(16)7-9-15-8-3-6-13(14)15/h2,4-5,10,13,16H,3,6-9H2,1H3. The van der Waals surface area contributed by atoms with Gasteiger partial charge in [-0.05, 0) is 38.3 Å². The van der Waals surface area contributed by atoms with E-state index < -0.39 is 5.60 Å². The number of hydrogen-bond donors (Lipinski definition) is 1. The van der Waals surface area contributed by atoms with Gasteiger partial charge in [-0.1, -0.05) is 29.8 Å². The van der Waals surface area contributed by atoms with E-state index in [0.29, 0.717) is 6.04 Å². The summed E-state index contributed by atoms with van der Waals surface area (Å²) in [5, 5.41) is 10.9. The first kappa shape index (κ1) is 10.3. The summed E-state index contributed by atoms with van der Waals surface area (Å²) in [5.41, 5.74) is 1.76. The molecule has 2 atom stereocenters. The van der Waals surface area contributed by atoms with E-state index in [0.717, 1.165) is 24.9 Å². The van der Waals surface area contributed by atoms with Crippen molar-refractivity contribution in [3.05, 3.63) is 35.4 Å². The molecule has 2 unspecified atom stereocenters. The summed E-state index contributed by atoms with van der Waals surface area (Å²) in [6.07, 6.45) is 3.27. The Morgan fingerprint density at radius 3 is 3.06 bits per heavy atom. The highest BCUT2D eigenvalue weighted by molar-refractivity contribution is 5.30. The highest BCUT2D eigenvalue weighted by atomic mass is 16.3. The van der Waals surface area contributed by atoms with Crippen LogP contribution < -0.4 is 0 Å². The molecule has 0 spiro atoms. The van der Waals surface area contributed by atoms with E-state index in [9.17, 15) is 5.11 Å². The van der Waals surface area contributed by atoms with Crippen molar-refractivity contribution in [2.45, 2.75) is 37.8 Å². The quantitative estimate of drug-likeness (QED) is 0.778. The fourth-order valence-corrected chi connectivity index (χ4v) is 3.37. The fraction of sp³-hybridized carbons (Fsp3) is 0.571. The average Bonchev–Trinajstić information content (AvgIpc) is 2.84. The Labute approximate surface area is 96.9 Å². The second-order valence-electron chi connectivity index (χ2n) is 5.24. The van der Waals surface area contributed by atoms with E-state index in [2.05, 4.69) is 36.1 Å². The van der Waals surface area contributed by atoms with Crippen LogP contribution in [0.25, 0.3) is 0 Å². The van der Waals surface area contributed by atoms with Crippen molar-refractivity contribution in [2.24, 2.45) is 0 Å². The topological polar surface area (TPSA) is 23.5 Å². The maximum Gasteiger partial charge on any atom is 0.106 e. The van der Waals surface area contributed by atoms with Crippen LogP contribution in [-0.4, -0.2) is 29.1 Å². The lowest BCUT2D eigenvalue weighted by Crippen LogP contribution is -2.38. The Morgan fingerprint density at radius 1 is 1.38 bits per heavy atom. The van der Waals surface area contributed by atoms with Gasteiger partial charge in [0.05, 0.1) is 0 Å². The summed E-state index contributed by atoms with van der Waals surface area (Å²) >= 11 is 0. The monoisotopic (exact) mass is 217 g/mol. The number of benzene rings is 1. The molecule has 0 bridgehead atoms. The second-order valence-corrected chi connectivity index (χ2v) is 5.24. The molecule has 2 heterocycles. The lowest BCUT2D eigenvalue weighted by Gasteiger charge is -2.30. The third-order valence-electron chi connectivity index (χ3n) is 4.21. The number of nitrogens with zero attached hydrogens (tertiary/aromatic N) is 1. The van der Waals surface area contributed by atoms with Crippen LogP contribution in [0.4, 0.5) is 0 Å². The molecule has 0 aliphatic carbocycles. The Kier molecular flexibility index (Phi) is 2.30. The summed E-state index contributed by atoms with van der Waals surface area (Å²) in [6, 6.07) is 8.72. The van der Waals surface area contributed by atoms with Crippen molar-refractivity contribution < 1.29 is 5.11 Å². The molecule has 0 saturated carbocycles. The maximum absolute atomic E-state index is 10.9. The molecule has 86 valence electrons. The Bertz CT molecular complexity index is 403. The van der Waals surface area contributed by atoms with Crippen molar-refractivity contribution >= 4 is 0 Å². The molecule has 0 radical (unpaired) electrons. The van der Waals surface area contributed by atoms with E-state index in [-0.39, 0.29) is 0 Å². The van der Waals surface area contributed by atoms with Crippen molar-refractivity contribution in [1.82, 2.24) is 4.90 Å². The Balaban J connectivity index is 1.99. The molecule has 1 aromatic carbocycles. The van der Waals surface area contributed by atoms with Crippen LogP contribution in [0.15, 0.2) is 24.3 Å². The number of hydrogen-bond acceptors (Lipinski definition) is 2. The van der Waals surface area contributed by atoms with Gasteiger partial charge < -0.3 is 5.11 Å². The van der Waals surface area contributed by atoms with Gasteiger partial charge in [-0.25, -0.2) is 0 Å². The van der Waals surface area contributed by atoms with Gasteiger partial charge in [0.15, 0.2) is 0 Å². The maximum atomic E-state index is 10.9. The van der Waals surface area contributed by atoms with Crippen molar-refractivity contribution in [3.63, 3.8) is 0 Å². The van der Waals surface area contributed by atoms with Gasteiger partial charge in [-0.3, -0.25) is 4.90 Å². The number of aryl methyl sites for hydroxylation is 1. The van der Waals surface area contributed by atoms with Gasteiger partial charge >= 0.3 is 0 Å². The predicted octanol–water partition coefficient (Wildman–Crippen LogP) is 2.05. The van der Waals surface area contributed by atoms with Crippen molar-refractivity contribution in [3.8, 4) is 0 Å². The van der Waals surface area contributed by atoms with Crippen LogP contribution in [-0.2, 0) is 5.60 Å². The normalized spacial score (nSPS) is 34.2. The fourth-order valence-electron chi connectivity index (χ4n) is 3.37. The zero-order chi connectivity index (χ0) is 11.2. The summed E-state index contributed by atoms with van der Waals surface area (Å²) in [4.78, 5) is 2.45. The van der Waals surface area contributed by atoms with Gasteiger partial charge in [-0.2, -0.15) is 0 Å². The molecule has 2 nitrogen and oxygen atoms in total. The SMILES string of the molecule is Cc1cccc(C2(O)CCN3CCCC32)c1. The lowest BCUT2D eigenvalue weighted by molar-refractivity contribution is 0.00933. The summed E-state index contributed by atoms with van der Waals surface area (Å²) < 4.78 is 0. The van der Waals surface area contributed by atoms with Crippen LogP contribution in [0.2, 0.25) is 0 Å². The molecule has 0 aromatic heterocycles. The minimum atomic E-state index is -0.595. The first-order valence-corrected chi connectivity index (χ1v) is 6.24. The summed E-state index contributed by atoms with van der Waals surface area (Å²) in [5.74, 6) is 0. The first-order chi connectivity index (χ1) is 7.70. The average molecular weight is 217 g/mol. The molecule has 16 heavy (non-hydrogen) atoms. The zero-order valence-electron chi connectivity index (χ0n) is 9.82. The van der Waals surface area contributed by atoms with Crippen LogP contribution in [0.5, 0.6) is 0 Å². The van der Waals surface area contributed by atoms with Crippen molar-refractivity contribution in [2.75, 3.05) is 13.1 Å². The number of rotatable bonds is 1. The number of aliphatic hydroxyl groups is 1. The summed E-state index contributed by atoms with van der Waals surface area (Å²) in [7, 11) is 0. The van der Waals surface area contributed by atoms with Gasteiger partial charge in [-0.15, -0.1) is 0 Å². The molecule has 0 amide bonds. The highest BCUT2D eigenvalue weighted by Crippen LogP contribution is 2.42. The largest absolute Gasteiger partial charge is 0.383 e. The van der Waals surface area contributed by atoms with Gasteiger partial charge in [0.25, 0.3) is 0 Å². The third kappa shape index (κ3) is 1.40. The van der Waals surface area contributed by atoms with Gasteiger partial charge in [0, 0.05) is 12.6 Å². The second kappa shape index (κ2) is 3.57. The first-order valence-electron chi connectivity index (χ1n) is 6.24. The van der Waals surface area contributed by atoms with Gasteiger partial charge in [0.1, 0.15) is 5.60 Å². The van der Waals surface area contributed by atoms with Crippen LogP contribution in [0.3, 0.4) is 0 Å². The Hall–Kier alpha value is -0.860. The van der Waals surface area contributed by atoms with Gasteiger partial charge in [0.2, 0.25) is 0 Å². The molecular formula is C14H19NO. The van der Waals surface area contributed by atoms with Crippen LogP contribution in [0, 0.1) is 6.92 Å². The van der Waals surface area contributed by atoms with Crippen LogP contribution in [0.1, 0.15) is 30.4 Å². The van der Waals surface area contributed by atoms with E-state index in [1.54, 1.807) is 0 Å². The molecule has 2 saturated heterocycles. The minimum absolute atomic E-state index is 0.356. The number of fused-ring (bicyclic) bond motifs is 1. The molecule has 3 rings (SSSR count). The molecule has 2 aliphatic heterocycles. The molecular weight excluding hydrogens is 198 g/mol. The smallest absolute Gasteiger partial charge is 0.106 e. The molecule has 2 fully saturated rings. The van der Waals surface area contributed by atoms with E-state index in [1.165, 1.54) is 18.5 Å². The molecule has 1 aromatic rings. The van der Waals surface area contributed by atoms with E-state index in [1.807, 2.05) is 0 Å². The molecule has 2 heteroatoms. The molecule has 1 N–H and O–H groups in total. The van der Waals surface area contributed by atoms with Crippen molar-refractivity contribution in [1.29, 1.82) is 0 Å². The highest BCUT2D eigenvalue weighted by Gasteiger charge is 2.48. The zero-order valence-corrected chi connectivity index (χ0v) is 9.82. The predicted molar refractivity (Wildman–Crippen MR) is 64.3 cm³/mol. The Morgan fingerprint density at radius 2 is 2.25 bits per heavy atom. The van der Waals surface area contributed by atoms with Crippen LogP contribution >= 0.6 is 0 Å². The minimum Gasteiger partial charge on any atom is -0.383 e. The van der Waals surface area contributed by atoms with E-state index in [4.69, 9.17) is 0 Å². The van der Waals surface area contributed by atoms with E-state index >= 15 is 0 Å². The molecule has 2 aliphatic rings.